The second-order valence-electron chi connectivity index (χ2n) is 3.76. The van der Waals surface area contributed by atoms with Crippen LogP contribution in [0.15, 0.2) is 22.7 Å². The molecule has 0 bridgehead atoms. The maximum absolute atomic E-state index is 12.1. The van der Waals surface area contributed by atoms with E-state index in [4.69, 9.17) is 10.8 Å². The van der Waals surface area contributed by atoms with Crippen LogP contribution in [-0.4, -0.2) is 35.0 Å². The molecule has 0 saturated heterocycles. The van der Waals surface area contributed by atoms with Crippen molar-refractivity contribution < 1.29 is 14.7 Å². The average molecular weight is 315 g/mol. The number of anilines is 1. The summed E-state index contributed by atoms with van der Waals surface area (Å²) in [4.78, 5) is 24.1. The maximum atomic E-state index is 12.1. The van der Waals surface area contributed by atoms with Crippen molar-refractivity contribution in [2.45, 2.75) is 13.3 Å². The number of benzene rings is 1. The van der Waals surface area contributed by atoms with E-state index in [1.165, 1.54) is 4.90 Å². The van der Waals surface area contributed by atoms with Crippen molar-refractivity contribution in [1.29, 1.82) is 0 Å². The van der Waals surface area contributed by atoms with E-state index in [0.29, 0.717) is 22.3 Å². The van der Waals surface area contributed by atoms with Crippen molar-refractivity contribution in [1.82, 2.24) is 4.90 Å². The number of amides is 1. The van der Waals surface area contributed by atoms with Crippen LogP contribution in [0.1, 0.15) is 23.7 Å². The number of carboxylic acids is 1. The zero-order valence-electron chi connectivity index (χ0n) is 10.0. The molecule has 0 atom stereocenters. The third-order valence-electron chi connectivity index (χ3n) is 2.51. The number of carbonyl (C=O) groups excluding carboxylic acids is 1. The van der Waals surface area contributed by atoms with Crippen LogP contribution in [-0.2, 0) is 4.79 Å². The van der Waals surface area contributed by atoms with Gasteiger partial charge >= 0.3 is 5.97 Å². The minimum absolute atomic E-state index is 0.0598. The number of carbonyl (C=O) groups is 2. The van der Waals surface area contributed by atoms with E-state index in [0.717, 1.165) is 0 Å². The Balaban J connectivity index is 2.82. The molecular formula is C12H15BrN2O3. The lowest BCUT2D eigenvalue weighted by atomic mass is 10.1. The minimum atomic E-state index is -0.917. The molecule has 0 aromatic heterocycles. The van der Waals surface area contributed by atoms with Crippen LogP contribution in [0.4, 0.5) is 5.69 Å². The molecule has 0 saturated carbocycles. The lowest BCUT2D eigenvalue weighted by Gasteiger charge is -2.20. The van der Waals surface area contributed by atoms with Gasteiger partial charge in [0.2, 0.25) is 0 Å². The topological polar surface area (TPSA) is 83.6 Å². The fourth-order valence-corrected chi connectivity index (χ4v) is 1.86. The number of hydrogen-bond acceptors (Lipinski definition) is 3. The van der Waals surface area contributed by atoms with Gasteiger partial charge in [-0.1, -0.05) is 0 Å². The van der Waals surface area contributed by atoms with E-state index in [-0.39, 0.29) is 18.9 Å². The van der Waals surface area contributed by atoms with Crippen LogP contribution in [0.3, 0.4) is 0 Å². The fourth-order valence-electron chi connectivity index (χ4n) is 1.48. The summed E-state index contributed by atoms with van der Waals surface area (Å²) in [6, 6.07) is 4.91. The van der Waals surface area contributed by atoms with Gasteiger partial charge in [-0.15, -0.1) is 0 Å². The molecule has 3 N–H and O–H groups in total. The molecule has 5 nitrogen and oxygen atoms in total. The lowest BCUT2D eigenvalue weighted by molar-refractivity contribution is -0.137. The number of hydrogen-bond donors (Lipinski definition) is 2. The third-order valence-corrected chi connectivity index (χ3v) is 3.20. The number of nitrogens with zero attached hydrogens (tertiary/aromatic N) is 1. The molecule has 1 amide bonds. The molecule has 0 aliphatic rings. The highest BCUT2D eigenvalue weighted by Gasteiger charge is 2.15. The molecule has 0 unspecified atom stereocenters. The van der Waals surface area contributed by atoms with Gasteiger partial charge in [-0.3, -0.25) is 9.59 Å². The number of nitrogens with two attached hydrogens (primary N) is 1. The first kappa shape index (κ1) is 14.5. The Morgan fingerprint density at radius 3 is 2.61 bits per heavy atom. The summed E-state index contributed by atoms with van der Waals surface area (Å²) >= 11 is 3.26. The van der Waals surface area contributed by atoms with Gasteiger partial charge in [-0.05, 0) is 41.1 Å². The van der Waals surface area contributed by atoms with Crippen LogP contribution in [0.5, 0.6) is 0 Å². The van der Waals surface area contributed by atoms with Crippen molar-refractivity contribution in [2.24, 2.45) is 0 Å². The van der Waals surface area contributed by atoms with E-state index < -0.39 is 5.97 Å². The predicted molar refractivity (Wildman–Crippen MR) is 72.4 cm³/mol. The van der Waals surface area contributed by atoms with Crippen molar-refractivity contribution in [3.05, 3.63) is 28.2 Å². The molecule has 0 fully saturated rings. The summed E-state index contributed by atoms with van der Waals surface area (Å²) in [6.07, 6.45) is -0.0598. The Hall–Kier alpha value is -1.56. The normalized spacial score (nSPS) is 10.1. The number of nitrogen functional groups attached to an aromatic ring is 1. The van der Waals surface area contributed by atoms with Gasteiger partial charge in [-0.25, -0.2) is 0 Å². The summed E-state index contributed by atoms with van der Waals surface area (Å²) in [5, 5.41) is 8.63. The van der Waals surface area contributed by atoms with Gasteiger partial charge < -0.3 is 15.7 Å². The standard InChI is InChI=1S/C12H15BrN2O3/c1-2-15(6-5-11(16)17)12(18)8-3-4-10(14)9(13)7-8/h3-4,7H,2,5-6,14H2,1H3,(H,16,17). The molecule has 18 heavy (non-hydrogen) atoms. The largest absolute Gasteiger partial charge is 0.481 e. The molecule has 0 aliphatic carbocycles. The van der Waals surface area contributed by atoms with E-state index >= 15 is 0 Å². The lowest BCUT2D eigenvalue weighted by Crippen LogP contribution is -2.32. The van der Waals surface area contributed by atoms with Gasteiger partial charge in [0.25, 0.3) is 5.91 Å². The number of halogens is 1. The molecule has 0 heterocycles. The zero-order valence-corrected chi connectivity index (χ0v) is 11.6. The van der Waals surface area contributed by atoms with Crippen LogP contribution in [0.2, 0.25) is 0 Å². The van der Waals surface area contributed by atoms with Crippen LogP contribution in [0.25, 0.3) is 0 Å². The molecule has 98 valence electrons. The SMILES string of the molecule is CCN(CCC(=O)O)C(=O)c1ccc(N)c(Br)c1. The Bertz CT molecular complexity index is 463. The zero-order chi connectivity index (χ0) is 13.7. The number of rotatable bonds is 5. The van der Waals surface area contributed by atoms with Gasteiger partial charge in [-0.2, -0.15) is 0 Å². The van der Waals surface area contributed by atoms with Crippen LogP contribution in [0, 0.1) is 0 Å². The van der Waals surface area contributed by atoms with Gasteiger partial charge in [0, 0.05) is 28.8 Å². The Labute approximate surface area is 114 Å². The molecule has 1 aromatic carbocycles. The second-order valence-corrected chi connectivity index (χ2v) is 4.62. The Kier molecular flexibility index (Phi) is 5.15. The molecule has 0 radical (unpaired) electrons. The van der Waals surface area contributed by atoms with Gasteiger partial charge in [0.1, 0.15) is 0 Å². The van der Waals surface area contributed by atoms with E-state index in [2.05, 4.69) is 15.9 Å². The molecule has 6 heteroatoms. The highest BCUT2D eigenvalue weighted by atomic mass is 79.9. The van der Waals surface area contributed by atoms with E-state index in [1.807, 2.05) is 6.92 Å². The Morgan fingerprint density at radius 2 is 2.11 bits per heavy atom. The number of carboxylic acid groups (broad SMARTS) is 1. The Morgan fingerprint density at radius 1 is 1.44 bits per heavy atom. The van der Waals surface area contributed by atoms with E-state index in [9.17, 15) is 9.59 Å². The first-order valence-corrected chi connectivity index (χ1v) is 6.31. The van der Waals surface area contributed by atoms with Crippen molar-refractivity contribution in [3.8, 4) is 0 Å². The molecule has 0 aliphatic heterocycles. The molecule has 1 rings (SSSR count). The summed E-state index contributed by atoms with van der Waals surface area (Å²) in [5.74, 6) is -1.11. The summed E-state index contributed by atoms with van der Waals surface area (Å²) < 4.78 is 0.655. The second kappa shape index (κ2) is 6.39. The van der Waals surface area contributed by atoms with Gasteiger partial charge in [0.05, 0.1) is 6.42 Å². The fraction of sp³-hybridized carbons (Fsp3) is 0.333. The average Bonchev–Trinajstić information content (AvgIpc) is 2.32. The summed E-state index contributed by atoms with van der Waals surface area (Å²) in [7, 11) is 0. The summed E-state index contributed by atoms with van der Waals surface area (Å²) in [6.45, 7) is 2.48. The minimum Gasteiger partial charge on any atom is -0.481 e. The first-order chi connectivity index (χ1) is 8.45. The third kappa shape index (κ3) is 3.73. The van der Waals surface area contributed by atoms with Crippen molar-refractivity contribution >= 4 is 33.5 Å². The van der Waals surface area contributed by atoms with Crippen molar-refractivity contribution in [2.75, 3.05) is 18.8 Å². The first-order valence-electron chi connectivity index (χ1n) is 5.51. The smallest absolute Gasteiger partial charge is 0.305 e. The monoisotopic (exact) mass is 314 g/mol. The highest BCUT2D eigenvalue weighted by Crippen LogP contribution is 2.21. The molecule has 0 spiro atoms. The predicted octanol–water partition coefficient (Wildman–Crippen LogP) is 1.97. The van der Waals surface area contributed by atoms with E-state index in [1.54, 1.807) is 18.2 Å². The quantitative estimate of drug-likeness (QED) is 0.814. The highest BCUT2D eigenvalue weighted by molar-refractivity contribution is 9.10. The van der Waals surface area contributed by atoms with Crippen LogP contribution >= 0.6 is 15.9 Å². The molecule has 1 aromatic rings. The number of aliphatic carboxylic acids is 1. The van der Waals surface area contributed by atoms with Gasteiger partial charge in [0.15, 0.2) is 0 Å². The van der Waals surface area contributed by atoms with Crippen LogP contribution < -0.4 is 5.73 Å². The summed E-state index contributed by atoms with van der Waals surface area (Å²) in [5.41, 5.74) is 6.69. The molecular weight excluding hydrogens is 300 g/mol. The van der Waals surface area contributed by atoms with Crippen molar-refractivity contribution in [3.63, 3.8) is 0 Å². The maximum Gasteiger partial charge on any atom is 0.305 e.